The number of carbonyl (C=O) groups is 1. The number of amides is 1. The van der Waals surface area contributed by atoms with Crippen molar-refractivity contribution in [3.63, 3.8) is 0 Å². The number of carbonyl (C=O) groups excluding carboxylic acids is 1. The van der Waals surface area contributed by atoms with Gasteiger partial charge in [-0.05, 0) is 103 Å². The average Bonchev–Trinajstić information content (AvgIpc) is 0.790. The lowest BCUT2D eigenvalue weighted by molar-refractivity contribution is -0.359. The van der Waals surface area contributed by atoms with Crippen molar-refractivity contribution in [2.24, 2.45) is 0 Å². The molecule has 1 amide bonds. The van der Waals surface area contributed by atoms with Gasteiger partial charge in [-0.2, -0.15) is 0 Å². The lowest BCUT2D eigenvalue weighted by Crippen LogP contribution is -2.65. The molecule has 2 saturated heterocycles. The number of hydrogen-bond acceptors (Lipinski definition) is 13. The predicted molar refractivity (Wildman–Crippen MR) is 419 cm³/mol. The van der Waals surface area contributed by atoms with Crippen LogP contribution in [0.25, 0.3) is 0 Å². The molecule has 2 rings (SSSR count). The molecule has 0 bridgehead atoms. The molecule has 0 saturated carbocycles. The maximum atomic E-state index is 13.4. The molecule has 14 nitrogen and oxygen atoms in total. The molecule has 2 aliphatic heterocycles. The third kappa shape index (κ3) is 51.7. The summed E-state index contributed by atoms with van der Waals surface area (Å²) < 4.78 is 22.9. The minimum Gasteiger partial charge on any atom is -0.394 e. The van der Waals surface area contributed by atoms with Gasteiger partial charge in [0, 0.05) is 6.42 Å². The molecule has 9 N–H and O–H groups in total. The summed E-state index contributed by atoms with van der Waals surface area (Å²) in [5.41, 5.74) is 0. The summed E-state index contributed by atoms with van der Waals surface area (Å²) >= 11 is 0. The number of hydrogen-bond donors (Lipinski definition) is 9. The fourth-order valence-corrected chi connectivity index (χ4v) is 12.4. The maximum Gasteiger partial charge on any atom is 0.220 e. The summed E-state index contributed by atoms with van der Waals surface area (Å²) in [7, 11) is 0. The van der Waals surface area contributed by atoms with Crippen LogP contribution in [0.2, 0.25) is 0 Å². The molecule has 0 spiro atoms. The quantitative estimate of drug-likeness (QED) is 0.0204. The molecule has 2 aliphatic rings. The first-order valence-electron chi connectivity index (χ1n) is 40.6. The Hall–Kier alpha value is -4.13. The molecular weight excluding hydrogens is 1270 g/mol. The number of rotatable bonds is 66. The van der Waals surface area contributed by atoms with Gasteiger partial charge in [0.15, 0.2) is 12.6 Å². The van der Waals surface area contributed by atoms with Gasteiger partial charge >= 0.3 is 0 Å². The van der Waals surface area contributed by atoms with Crippen molar-refractivity contribution in [1.29, 1.82) is 0 Å². The topological polar surface area (TPSA) is 228 Å². The van der Waals surface area contributed by atoms with E-state index in [2.05, 4.69) is 153 Å². The monoisotopic (exact) mass is 1410 g/mol. The van der Waals surface area contributed by atoms with E-state index in [9.17, 15) is 45.6 Å². The largest absolute Gasteiger partial charge is 0.394 e. The first-order valence-corrected chi connectivity index (χ1v) is 40.6. The summed E-state index contributed by atoms with van der Waals surface area (Å²) in [5, 5.41) is 87.7. The van der Waals surface area contributed by atoms with E-state index < -0.39 is 86.8 Å². The van der Waals surface area contributed by atoms with E-state index in [1.54, 1.807) is 6.08 Å². The number of ether oxygens (including phenoxy) is 4. The second-order valence-corrected chi connectivity index (χ2v) is 27.8. The van der Waals surface area contributed by atoms with Crippen LogP contribution in [0, 0.1) is 0 Å². The molecule has 12 atom stereocenters. The van der Waals surface area contributed by atoms with Crippen LogP contribution in [-0.2, 0) is 23.7 Å². The Bertz CT molecular complexity index is 2260. The Kier molecular flexibility index (Phi) is 63.5. The van der Waals surface area contributed by atoms with Crippen molar-refractivity contribution in [1.82, 2.24) is 5.32 Å². The molecule has 101 heavy (non-hydrogen) atoms. The molecular formula is C87H147NO13. The Labute approximate surface area is 614 Å². The molecule has 14 heteroatoms. The molecule has 0 aromatic carbocycles. The number of nitrogens with one attached hydrogen (secondary N) is 1. The first kappa shape index (κ1) is 93.0. The maximum absolute atomic E-state index is 13.4. The Morgan fingerprint density at radius 3 is 1.05 bits per heavy atom. The molecule has 0 aromatic heterocycles. The molecule has 578 valence electrons. The normalized spacial score (nSPS) is 22.6. The predicted octanol–water partition coefficient (Wildman–Crippen LogP) is 18.7. The zero-order valence-electron chi connectivity index (χ0n) is 63.3. The van der Waals surface area contributed by atoms with Crippen molar-refractivity contribution in [2.45, 2.75) is 376 Å². The van der Waals surface area contributed by atoms with Crippen LogP contribution in [0.5, 0.6) is 0 Å². The third-order valence-electron chi connectivity index (χ3n) is 18.8. The van der Waals surface area contributed by atoms with Crippen LogP contribution in [0.4, 0.5) is 0 Å². The van der Waals surface area contributed by atoms with Crippen molar-refractivity contribution < 1.29 is 64.6 Å². The van der Waals surface area contributed by atoms with Gasteiger partial charge in [-0.15, -0.1) is 0 Å². The summed E-state index contributed by atoms with van der Waals surface area (Å²) in [6, 6.07) is -0.938. The van der Waals surface area contributed by atoms with Crippen LogP contribution in [0.1, 0.15) is 303 Å². The highest BCUT2D eigenvalue weighted by Gasteiger charge is 2.51. The highest BCUT2D eigenvalue weighted by molar-refractivity contribution is 5.76. The standard InChI is InChI=1S/C87H147NO13/c1-3-5-7-9-11-13-15-17-19-21-23-25-27-29-31-33-34-35-36-37-38-39-40-41-42-43-45-47-49-51-53-55-57-59-61-63-65-67-69-71-79(92)88-75(74-98-86-84(97)82(95)85(78(73-90)100-86)101-87-83(96)81(94)80(93)77(72-89)99-87)76(91)70-68-66-64-62-60-58-56-54-52-50-48-46-44-32-30-28-26-24-22-20-18-16-14-12-10-8-6-4-2/h5,7,11,13,17,19,23,25,29,31,34-35,37-38,40-41,43,45,49,51,55,57,68,70,75-78,80-87,89-91,93-97H,3-4,6,8-10,12,14-16,18,20-22,24,26-28,30,32-33,36,39,42,44,46-48,50,52-54,56,58-67,69,71-74H2,1-2H3,(H,88,92)/b7-5-,13-11-,19-17-,25-23-,31-29-,35-34-,38-37-,41-40-,45-43-,51-49-,57-55-,70-68+. The van der Waals surface area contributed by atoms with Gasteiger partial charge < -0.3 is 65.1 Å². The number of aliphatic hydroxyl groups excluding tert-OH is 8. The van der Waals surface area contributed by atoms with Gasteiger partial charge in [-0.25, -0.2) is 0 Å². The first-order chi connectivity index (χ1) is 49.6. The molecule has 0 aliphatic carbocycles. The Morgan fingerprint density at radius 2 is 0.683 bits per heavy atom. The van der Waals surface area contributed by atoms with Crippen molar-refractivity contribution in [3.8, 4) is 0 Å². The molecule has 12 unspecified atom stereocenters. The Balaban J connectivity index is 1.65. The third-order valence-corrected chi connectivity index (χ3v) is 18.8. The SMILES string of the molecule is CC/C=C\C/C=C\C/C=C\C/C=C\C/C=C\C/C=C\C/C=C\C/C=C\C/C=C\C/C=C\C/C=C\CCCCCCCC(=O)NC(COC1OC(CO)C(OC2OC(CO)C(O)C(O)C2O)C(O)C1O)C(O)/C=C/CCCCCCCCCCCCCCCCCCCCCCCCCCCC. The second kappa shape index (κ2) is 68.9. The van der Waals surface area contributed by atoms with Crippen LogP contribution in [0.3, 0.4) is 0 Å². The van der Waals surface area contributed by atoms with Gasteiger partial charge in [-0.1, -0.05) is 339 Å². The molecule has 0 radical (unpaired) electrons. The van der Waals surface area contributed by atoms with Crippen molar-refractivity contribution in [2.75, 3.05) is 19.8 Å². The van der Waals surface area contributed by atoms with Gasteiger partial charge in [-0.3, -0.25) is 4.79 Å². The van der Waals surface area contributed by atoms with Crippen LogP contribution in [0.15, 0.2) is 146 Å². The summed E-state index contributed by atoms with van der Waals surface area (Å²) in [6.07, 6.45) is 87.7. The summed E-state index contributed by atoms with van der Waals surface area (Å²) in [4.78, 5) is 13.4. The molecule has 0 aromatic rings. The van der Waals surface area contributed by atoms with E-state index in [0.717, 1.165) is 122 Å². The van der Waals surface area contributed by atoms with E-state index in [0.29, 0.717) is 6.42 Å². The van der Waals surface area contributed by atoms with Gasteiger partial charge in [0.25, 0.3) is 0 Å². The van der Waals surface area contributed by atoms with Crippen molar-refractivity contribution in [3.05, 3.63) is 146 Å². The Morgan fingerprint density at radius 1 is 0.366 bits per heavy atom. The van der Waals surface area contributed by atoms with Gasteiger partial charge in [0.05, 0.1) is 32.0 Å². The minimum atomic E-state index is -1.80. The fraction of sp³-hybridized carbons (Fsp3) is 0.713. The van der Waals surface area contributed by atoms with E-state index in [-0.39, 0.29) is 18.9 Å². The summed E-state index contributed by atoms with van der Waals surface area (Å²) in [6.45, 7) is 2.70. The van der Waals surface area contributed by atoms with E-state index >= 15 is 0 Å². The van der Waals surface area contributed by atoms with E-state index in [1.807, 2.05) is 6.08 Å². The highest BCUT2D eigenvalue weighted by atomic mass is 16.7. The number of unbranched alkanes of at least 4 members (excludes halogenated alkanes) is 31. The fourth-order valence-electron chi connectivity index (χ4n) is 12.4. The zero-order chi connectivity index (χ0) is 73.0. The molecule has 2 heterocycles. The van der Waals surface area contributed by atoms with Crippen LogP contribution in [-0.4, -0.2) is 140 Å². The van der Waals surface area contributed by atoms with Crippen LogP contribution < -0.4 is 5.32 Å². The van der Waals surface area contributed by atoms with E-state index in [4.69, 9.17) is 18.9 Å². The van der Waals surface area contributed by atoms with Gasteiger partial charge in [0.1, 0.15) is 48.8 Å². The zero-order valence-corrected chi connectivity index (χ0v) is 63.3. The van der Waals surface area contributed by atoms with E-state index in [1.165, 1.54) is 154 Å². The van der Waals surface area contributed by atoms with Crippen LogP contribution >= 0.6 is 0 Å². The number of allylic oxidation sites excluding steroid dienone is 23. The summed E-state index contributed by atoms with van der Waals surface area (Å²) in [5.74, 6) is -0.261. The average molecular weight is 1420 g/mol. The smallest absolute Gasteiger partial charge is 0.220 e. The van der Waals surface area contributed by atoms with Gasteiger partial charge in [0.2, 0.25) is 5.91 Å². The lowest BCUT2D eigenvalue weighted by atomic mass is 9.97. The highest BCUT2D eigenvalue weighted by Crippen LogP contribution is 2.30. The molecule has 2 fully saturated rings. The lowest BCUT2D eigenvalue weighted by Gasteiger charge is -2.46. The van der Waals surface area contributed by atoms with Crippen molar-refractivity contribution >= 4 is 5.91 Å². The number of aliphatic hydroxyl groups is 8. The second-order valence-electron chi connectivity index (χ2n) is 27.8. The minimum absolute atomic E-state index is 0.250.